The summed E-state index contributed by atoms with van der Waals surface area (Å²) in [5, 5.41) is 12.8. The number of halogens is 5. The van der Waals surface area contributed by atoms with Crippen molar-refractivity contribution in [2.75, 3.05) is 26.4 Å². The second-order valence-corrected chi connectivity index (χ2v) is 11.0. The van der Waals surface area contributed by atoms with Gasteiger partial charge in [0.05, 0.1) is 6.61 Å². The minimum Gasteiger partial charge on any atom is -0.493 e. The summed E-state index contributed by atoms with van der Waals surface area (Å²) in [5.41, 5.74) is -5.71. The lowest BCUT2D eigenvalue weighted by Crippen LogP contribution is -2.48. The summed E-state index contributed by atoms with van der Waals surface area (Å²) in [7, 11) is 0. The number of nitrogens with zero attached hydrogens (tertiary/aromatic N) is 1. The maximum atomic E-state index is 13.5. The van der Waals surface area contributed by atoms with Crippen LogP contribution < -0.4 is 19.5 Å². The van der Waals surface area contributed by atoms with Crippen molar-refractivity contribution in [3.05, 3.63) is 53.1 Å². The number of imide groups is 1. The van der Waals surface area contributed by atoms with Crippen molar-refractivity contribution in [3.8, 4) is 17.2 Å². The predicted molar refractivity (Wildman–Crippen MR) is 145 cm³/mol. The third-order valence-corrected chi connectivity index (χ3v) is 7.65. The Morgan fingerprint density at radius 3 is 2.37 bits per heavy atom. The van der Waals surface area contributed by atoms with Gasteiger partial charge in [-0.25, -0.2) is 13.6 Å². The Morgan fingerprint density at radius 2 is 1.74 bits per heavy atom. The molecule has 2 aromatic rings. The first kappa shape index (κ1) is 32.3. The van der Waals surface area contributed by atoms with Gasteiger partial charge in [-0.1, -0.05) is 32.9 Å². The molecule has 2 aliphatic heterocycles. The van der Waals surface area contributed by atoms with Gasteiger partial charge in [0.1, 0.15) is 24.5 Å². The first-order valence-electron chi connectivity index (χ1n) is 14.1. The van der Waals surface area contributed by atoms with Crippen molar-refractivity contribution in [1.29, 1.82) is 0 Å². The number of fused-ring (bicyclic) bond motifs is 1. The average molecular weight is 615 g/mol. The van der Waals surface area contributed by atoms with Crippen molar-refractivity contribution in [2.45, 2.75) is 70.2 Å². The van der Waals surface area contributed by atoms with Gasteiger partial charge < -0.3 is 24.6 Å². The second-order valence-electron chi connectivity index (χ2n) is 11.0. The first-order valence-corrected chi connectivity index (χ1v) is 14.1. The van der Waals surface area contributed by atoms with E-state index < -0.39 is 41.2 Å². The Bertz CT molecular complexity index is 1340. The van der Waals surface area contributed by atoms with E-state index in [2.05, 4.69) is 5.32 Å². The highest BCUT2D eigenvalue weighted by Crippen LogP contribution is 2.45. The van der Waals surface area contributed by atoms with Gasteiger partial charge in [0.2, 0.25) is 5.60 Å². The van der Waals surface area contributed by atoms with Crippen LogP contribution in [-0.4, -0.2) is 60.9 Å². The molecule has 43 heavy (non-hydrogen) atoms. The van der Waals surface area contributed by atoms with Crippen molar-refractivity contribution in [2.24, 2.45) is 5.92 Å². The second kappa shape index (κ2) is 12.6. The van der Waals surface area contributed by atoms with Crippen LogP contribution in [0, 0.1) is 5.92 Å². The van der Waals surface area contributed by atoms with E-state index in [4.69, 9.17) is 14.2 Å². The van der Waals surface area contributed by atoms with E-state index in [-0.39, 0.29) is 36.8 Å². The lowest BCUT2D eigenvalue weighted by atomic mass is 9.87. The van der Waals surface area contributed by atoms with Crippen LogP contribution in [-0.2, 0) is 22.4 Å². The lowest BCUT2D eigenvalue weighted by Gasteiger charge is -2.30. The summed E-state index contributed by atoms with van der Waals surface area (Å²) >= 11 is 0. The number of aliphatic hydroxyl groups is 1. The Hall–Kier alpha value is -3.61. The van der Waals surface area contributed by atoms with Crippen LogP contribution in [0.2, 0.25) is 0 Å². The highest BCUT2D eigenvalue weighted by molar-refractivity contribution is 6.07. The topological polar surface area (TPSA) is 97.3 Å². The molecule has 8 nitrogen and oxygen atoms in total. The Balaban J connectivity index is 1.40. The van der Waals surface area contributed by atoms with E-state index in [1.165, 1.54) is 0 Å². The van der Waals surface area contributed by atoms with Crippen LogP contribution in [0.1, 0.15) is 56.7 Å². The average Bonchev–Trinajstić information content (AvgIpc) is 3.21. The zero-order valence-electron chi connectivity index (χ0n) is 24.1. The number of benzene rings is 2. The summed E-state index contributed by atoms with van der Waals surface area (Å²) in [5.74, 6) is 0.816. The molecule has 0 bridgehead atoms. The maximum absolute atomic E-state index is 13.5. The fraction of sp³-hybridized carbons (Fsp3) is 0.533. The summed E-state index contributed by atoms with van der Waals surface area (Å²) < 4.78 is 84.0. The molecule has 236 valence electrons. The number of carbonyl (C=O) groups excluding carboxylic acids is 2. The van der Waals surface area contributed by atoms with Gasteiger partial charge in [-0.3, -0.25) is 9.69 Å². The lowest BCUT2D eigenvalue weighted by molar-refractivity contribution is -0.305. The molecule has 2 aliphatic rings. The Labute approximate surface area is 246 Å². The molecule has 3 amide bonds. The number of amides is 3. The largest absolute Gasteiger partial charge is 0.493 e. The van der Waals surface area contributed by atoms with Crippen molar-refractivity contribution in [3.63, 3.8) is 0 Å². The van der Waals surface area contributed by atoms with Gasteiger partial charge in [0.25, 0.3) is 12.3 Å². The molecule has 13 heteroatoms. The van der Waals surface area contributed by atoms with Crippen LogP contribution in [0.25, 0.3) is 0 Å². The molecule has 0 aliphatic carbocycles. The molecule has 2 unspecified atom stereocenters. The van der Waals surface area contributed by atoms with Gasteiger partial charge in [0.15, 0.2) is 11.5 Å². The molecule has 0 spiro atoms. The number of ether oxygens (including phenoxy) is 3. The smallest absolute Gasteiger partial charge is 0.427 e. The number of alkyl halides is 5. The maximum Gasteiger partial charge on any atom is 0.427 e. The fourth-order valence-corrected chi connectivity index (χ4v) is 5.30. The Morgan fingerprint density at radius 1 is 1.05 bits per heavy atom. The zero-order valence-corrected chi connectivity index (χ0v) is 24.1. The molecule has 2 N–H and O–H groups in total. The van der Waals surface area contributed by atoms with E-state index in [0.717, 1.165) is 23.1 Å². The third kappa shape index (κ3) is 6.22. The minimum absolute atomic E-state index is 0.0455. The van der Waals surface area contributed by atoms with Gasteiger partial charge in [-0.05, 0) is 72.6 Å². The highest BCUT2D eigenvalue weighted by Gasteiger charge is 2.61. The summed E-state index contributed by atoms with van der Waals surface area (Å²) in [6.45, 7) is 6.39. The van der Waals surface area contributed by atoms with Gasteiger partial charge in [-0.2, -0.15) is 13.2 Å². The molecule has 0 radical (unpaired) electrons. The van der Waals surface area contributed by atoms with Gasteiger partial charge in [-0.15, -0.1) is 0 Å². The van der Waals surface area contributed by atoms with Crippen LogP contribution in [0.3, 0.4) is 0 Å². The van der Waals surface area contributed by atoms with Crippen LogP contribution in [0.5, 0.6) is 17.2 Å². The summed E-state index contributed by atoms with van der Waals surface area (Å²) in [6, 6.07) is 7.44. The van der Waals surface area contributed by atoms with Crippen molar-refractivity contribution < 1.29 is 50.9 Å². The number of rotatable bonds is 12. The number of carbonyl (C=O) groups is 2. The van der Waals surface area contributed by atoms with E-state index in [1.54, 1.807) is 39.0 Å². The molecule has 0 saturated carbocycles. The molecule has 2 aromatic carbocycles. The van der Waals surface area contributed by atoms with Gasteiger partial charge in [0, 0.05) is 6.54 Å². The SMILES string of the molecule is CCC1(c2ccc3c(c2)OCCO3)NC(=O)N(CCCCOc2ccc(C(O)(C(F)F)C(F)(F)F)cc2CC(C)C)C1=O. The van der Waals surface area contributed by atoms with Crippen LogP contribution in [0.4, 0.5) is 26.7 Å². The molecule has 4 rings (SSSR count). The first-order chi connectivity index (χ1) is 20.2. The molecule has 1 fully saturated rings. The number of hydrogen-bond donors (Lipinski definition) is 2. The quantitative estimate of drug-likeness (QED) is 0.181. The van der Waals surface area contributed by atoms with Crippen LogP contribution >= 0.6 is 0 Å². The summed E-state index contributed by atoms with van der Waals surface area (Å²) in [6.07, 6.45) is -8.39. The molecule has 2 heterocycles. The van der Waals surface area contributed by atoms with E-state index in [9.17, 15) is 36.6 Å². The fourth-order valence-electron chi connectivity index (χ4n) is 5.30. The normalized spacial score (nSPS) is 20.0. The predicted octanol–water partition coefficient (Wildman–Crippen LogP) is 5.69. The number of hydrogen-bond acceptors (Lipinski definition) is 6. The third-order valence-electron chi connectivity index (χ3n) is 7.65. The number of nitrogens with one attached hydrogen (secondary N) is 1. The molecule has 1 saturated heterocycles. The van der Waals surface area contributed by atoms with E-state index in [0.29, 0.717) is 49.5 Å². The zero-order chi connectivity index (χ0) is 31.6. The number of urea groups is 1. The summed E-state index contributed by atoms with van der Waals surface area (Å²) in [4.78, 5) is 27.5. The number of unbranched alkanes of at least 4 members (excludes halogenated alkanes) is 1. The minimum atomic E-state index is -5.59. The van der Waals surface area contributed by atoms with Crippen molar-refractivity contribution >= 4 is 11.9 Å². The highest BCUT2D eigenvalue weighted by atomic mass is 19.4. The van der Waals surface area contributed by atoms with E-state index in [1.807, 2.05) is 0 Å². The standard InChI is InChI=1S/C30H35F5N2O6/c1-4-28(20-7-10-23-24(17-20)43-14-13-42-23)26(38)37(27(39)36-28)11-5-6-12-41-22-9-8-21(16-19(22)15-18(2)3)29(40,25(31)32)30(33,34)35/h7-10,16-18,25,40H,4-6,11-15H2,1-3H3,(H,36,39). The molecule has 2 atom stereocenters. The van der Waals surface area contributed by atoms with E-state index >= 15 is 0 Å². The van der Waals surface area contributed by atoms with Crippen LogP contribution in [0.15, 0.2) is 36.4 Å². The monoisotopic (exact) mass is 614 g/mol. The Kier molecular flexibility index (Phi) is 9.43. The van der Waals surface area contributed by atoms with Crippen molar-refractivity contribution in [1.82, 2.24) is 10.2 Å². The van der Waals surface area contributed by atoms with Gasteiger partial charge >= 0.3 is 12.2 Å². The molecular weight excluding hydrogens is 579 g/mol. The molecule has 0 aromatic heterocycles. The molecular formula is C30H35F5N2O6.